The molecule has 0 spiro atoms. The molecule has 0 aliphatic carbocycles. The van der Waals surface area contributed by atoms with E-state index in [0.717, 1.165) is 31.4 Å². The van der Waals surface area contributed by atoms with Gasteiger partial charge in [0.1, 0.15) is 11.6 Å². The number of aromatic hydroxyl groups is 1. The molecule has 1 aromatic rings. The third-order valence-electron chi connectivity index (χ3n) is 3.00. The van der Waals surface area contributed by atoms with Gasteiger partial charge in [0.05, 0.1) is 0 Å². The minimum Gasteiger partial charge on any atom is -0.508 e. The first-order chi connectivity index (χ1) is 7.18. The van der Waals surface area contributed by atoms with E-state index < -0.39 is 0 Å². The summed E-state index contributed by atoms with van der Waals surface area (Å²) < 4.78 is 13.6. The van der Waals surface area contributed by atoms with Gasteiger partial charge in [0, 0.05) is 17.7 Å². The molecule has 1 atom stereocenters. The Balaban J connectivity index is 2.30. The fourth-order valence-corrected chi connectivity index (χ4v) is 2.08. The number of halogens is 1. The maximum atomic E-state index is 13.6. The van der Waals surface area contributed by atoms with Crippen molar-refractivity contribution < 1.29 is 9.50 Å². The van der Waals surface area contributed by atoms with Crippen LogP contribution in [-0.2, 0) is 0 Å². The van der Waals surface area contributed by atoms with Gasteiger partial charge in [-0.15, -0.1) is 0 Å². The van der Waals surface area contributed by atoms with Gasteiger partial charge in [-0.1, -0.05) is 6.42 Å². The summed E-state index contributed by atoms with van der Waals surface area (Å²) in [7, 11) is 0. The van der Waals surface area contributed by atoms with Crippen LogP contribution in [0.1, 0.15) is 36.4 Å². The van der Waals surface area contributed by atoms with Crippen molar-refractivity contribution >= 4 is 0 Å². The molecule has 0 aromatic heterocycles. The maximum absolute atomic E-state index is 13.6. The summed E-state index contributed by atoms with van der Waals surface area (Å²) in [6.45, 7) is 2.74. The predicted molar refractivity (Wildman–Crippen MR) is 57.4 cm³/mol. The van der Waals surface area contributed by atoms with Crippen molar-refractivity contribution in [2.45, 2.75) is 32.2 Å². The lowest BCUT2D eigenvalue weighted by molar-refractivity contribution is 0.397. The molecule has 2 N–H and O–H groups in total. The number of benzene rings is 1. The van der Waals surface area contributed by atoms with Gasteiger partial charge in [-0.05, 0) is 37.9 Å². The van der Waals surface area contributed by atoms with E-state index in [1.807, 2.05) is 0 Å². The molecule has 1 saturated heterocycles. The van der Waals surface area contributed by atoms with Crippen LogP contribution >= 0.6 is 0 Å². The summed E-state index contributed by atoms with van der Waals surface area (Å²) in [6.07, 6.45) is 3.27. The van der Waals surface area contributed by atoms with Gasteiger partial charge in [-0.25, -0.2) is 4.39 Å². The van der Waals surface area contributed by atoms with E-state index in [0.29, 0.717) is 5.56 Å². The highest BCUT2D eigenvalue weighted by molar-refractivity contribution is 5.37. The zero-order valence-corrected chi connectivity index (χ0v) is 8.89. The zero-order chi connectivity index (χ0) is 10.8. The van der Waals surface area contributed by atoms with E-state index in [1.54, 1.807) is 13.0 Å². The van der Waals surface area contributed by atoms with Gasteiger partial charge < -0.3 is 10.4 Å². The first kappa shape index (κ1) is 10.4. The van der Waals surface area contributed by atoms with Crippen molar-refractivity contribution in [2.24, 2.45) is 0 Å². The Hall–Kier alpha value is -1.09. The number of hydrogen-bond donors (Lipinski definition) is 2. The third-order valence-corrected chi connectivity index (χ3v) is 3.00. The van der Waals surface area contributed by atoms with E-state index in [4.69, 9.17) is 0 Å². The van der Waals surface area contributed by atoms with Crippen LogP contribution in [0.5, 0.6) is 5.75 Å². The second-order valence-corrected chi connectivity index (χ2v) is 4.16. The Morgan fingerprint density at radius 1 is 1.40 bits per heavy atom. The number of nitrogens with one attached hydrogen (secondary N) is 1. The minimum absolute atomic E-state index is 0.0343. The normalized spacial score (nSPS) is 21.6. The van der Waals surface area contributed by atoms with Crippen molar-refractivity contribution in [3.63, 3.8) is 0 Å². The van der Waals surface area contributed by atoms with Crippen LogP contribution in [0.3, 0.4) is 0 Å². The summed E-state index contributed by atoms with van der Waals surface area (Å²) in [5, 5.41) is 12.7. The molecule has 1 aliphatic rings. The minimum atomic E-state index is -0.308. The molecule has 2 rings (SSSR count). The van der Waals surface area contributed by atoms with E-state index in [9.17, 15) is 9.50 Å². The van der Waals surface area contributed by atoms with E-state index in [-0.39, 0.29) is 17.6 Å². The Kier molecular flexibility index (Phi) is 2.91. The lowest BCUT2D eigenvalue weighted by Crippen LogP contribution is -2.27. The van der Waals surface area contributed by atoms with Crippen LogP contribution in [0, 0.1) is 12.7 Å². The molecule has 0 radical (unpaired) electrons. The van der Waals surface area contributed by atoms with Crippen LogP contribution in [0.2, 0.25) is 0 Å². The lowest BCUT2D eigenvalue weighted by atomic mass is 9.95. The fourth-order valence-electron chi connectivity index (χ4n) is 2.08. The van der Waals surface area contributed by atoms with Gasteiger partial charge >= 0.3 is 0 Å². The van der Waals surface area contributed by atoms with Crippen molar-refractivity contribution in [2.75, 3.05) is 6.54 Å². The number of phenolic OH excluding ortho intramolecular Hbond substituents is 1. The topological polar surface area (TPSA) is 32.3 Å². The Morgan fingerprint density at radius 2 is 2.20 bits per heavy atom. The van der Waals surface area contributed by atoms with Gasteiger partial charge in [0.15, 0.2) is 0 Å². The van der Waals surface area contributed by atoms with Crippen molar-refractivity contribution in [1.82, 2.24) is 5.32 Å². The lowest BCUT2D eigenvalue weighted by Gasteiger charge is -2.24. The summed E-state index contributed by atoms with van der Waals surface area (Å²) in [5.74, 6) is -0.274. The summed E-state index contributed by atoms with van der Waals surface area (Å²) >= 11 is 0. The standard InChI is InChI=1S/C12H16FNO/c1-8-6-9(10(13)7-12(8)15)11-4-2-3-5-14-11/h6-7,11,14-15H,2-5H2,1H3. The second kappa shape index (κ2) is 4.19. The Morgan fingerprint density at radius 3 is 2.87 bits per heavy atom. The molecule has 15 heavy (non-hydrogen) atoms. The smallest absolute Gasteiger partial charge is 0.131 e. The first-order valence-corrected chi connectivity index (χ1v) is 5.41. The molecule has 1 aliphatic heterocycles. The van der Waals surface area contributed by atoms with Crippen molar-refractivity contribution in [1.29, 1.82) is 0 Å². The maximum Gasteiger partial charge on any atom is 0.131 e. The fraction of sp³-hybridized carbons (Fsp3) is 0.500. The quantitative estimate of drug-likeness (QED) is 0.745. The number of rotatable bonds is 1. The second-order valence-electron chi connectivity index (χ2n) is 4.16. The average Bonchev–Trinajstić information content (AvgIpc) is 2.25. The van der Waals surface area contributed by atoms with Gasteiger partial charge in [-0.3, -0.25) is 0 Å². The number of phenols is 1. The molecule has 0 amide bonds. The molecular weight excluding hydrogens is 193 g/mol. The molecular formula is C12H16FNO. The monoisotopic (exact) mass is 209 g/mol. The molecule has 1 unspecified atom stereocenters. The van der Waals surface area contributed by atoms with E-state index >= 15 is 0 Å². The molecule has 1 heterocycles. The molecule has 1 fully saturated rings. The van der Waals surface area contributed by atoms with Crippen molar-refractivity contribution in [3.8, 4) is 5.75 Å². The summed E-state index contributed by atoms with van der Waals surface area (Å²) in [5.41, 5.74) is 1.42. The van der Waals surface area contributed by atoms with E-state index in [1.165, 1.54) is 6.07 Å². The average molecular weight is 209 g/mol. The SMILES string of the molecule is Cc1cc(C2CCCCN2)c(F)cc1O. The van der Waals surface area contributed by atoms with Crippen LogP contribution in [-0.4, -0.2) is 11.7 Å². The van der Waals surface area contributed by atoms with E-state index in [2.05, 4.69) is 5.32 Å². The predicted octanol–water partition coefficient (Wildman–Crippen LogP) is 2.65. The highest BCUT2D eigenvalue weighted by Crippen LogP contribution is 2.29. The highest BCUT2D eigenvalue weighted by Gasteiger charge is 2.19. The first-order valence-electron chi connectivity index (χ1n) is 5.41. The molecule has 3 heteroatoms. The molecule has 0 saturated carbocycles. The molecule has 2 nitrogen and oxygen atoms in total. The van der Waals surface area contributed by atoms with Crippen LogP contribution in [0.15, 0.2) is 12.1 Å². The largest absolute Gasteiger partial charge is 0.508 e. The Bertz CT molecular complexity index is 359. The molecule has 82 valence electrons. The highest BCUT2D eigenvalue weighted by atomic mass is 19.1. The number of hydrogen-bond acceptors (Lipinski definition) is 2. The van der Waals surface area contributed by atoms with Gasteiger partial charge in [0.2, 0.25) is 0 Å². The van der Waals surface area contributed by atoms with Gasteiger partial charge in [-0.2, -0.15) is 0 Å². The van der Waals surface area contributed by atoms with Crippen LogP contribution in [0.4, 0.5) is 4.39 Å². The number of aryl methyl sites for hydroxylation is 1. The summed E-state index contributed by atoms with van der Waals surface area (Å²) in [6, 6.07) is 3.06. The van der Waals surface area contributed by atoms with Crippen LogP contribution < -0.4 is 5.32 Å². The summed E-state index contributed by atoms with van der Waals surface area (Å²) in [4.78, 5) is 0. The van der Waals surface area contributed by atoms with Crippen LogP contribution in [0.25, 0.3) is 0 Å². The van der Waals surface area contributed by atoms with Crippen molar-refractivity contribution in [3.05, 3.63) is 29.1 Å². The zero-order valence-electron chi connectivity index (χ0n) is 8.89. The molecule has 0 bridgehead atoms. The Labute approximate surface area is 89.1 Å². The number of piperidine rings is 1. The third kappa shape index (κ3) is 2.12. The van der Waals surface area contributed by atoms with Gasteiger partial charge in [0.25, 0.3) is 0 Å². The molecule has 1 aromatic carbocycles.